The van der Waals surface area contributed by atoms with E-state index in [4.69, 9.17) is 9.05 Å². The Morgan fingerprint density at radius 3 is 1.33 bits per heavy atom. The Kier molecular flexibility index (Phi) is 48.3. The van der Waals surface area contributed by atoms with Gasteiger partial charge >= 0.3 is 0 Å². The smallest absolute Gasteiger partial charge is 0.268 e. The van der Waals surface area contributed by atoms with Crippen LogP contribution < -0.4 is 10.2 Å². The van der Waals surface area contributed by atoms with Crippen molar-refractivity contribution in [1.82, 2.24) is 5.32 Å². The van der Waals surface area contributed by atoms with Gasteiger partial charge in [0, 0.05) is 6.42 Å². The first-order valence-electron chi connectivity index (χ1n) is 28.5. The highest BCUT2D eigenvalue weighted by Crippen LogP contribution is 2.38. The summed E-state index contributed by atoms with van der Waals surface area (Å²) in [5, 5.41) is 14.0. The first-order valence-corrected chi connectivity index (χ1v) is 29.9. The Morgan fingerprint density at radius 1 is 0.537 bits per heavy atom. The maximum atomic E-state index is 13.0. The van der Waals surface area contributed by atoms with E-state index in [2.05, 4.69) is 67.8 Å². The molecule has 394 valence electrons. The number of allylic oxidation sites excluding steroid dienone is 8. The molecule has 0 spiro atoms. The van der Waals surface area contributed by atoms with E-state index >= 15 is 0 Å². The molecule has 0 fully saturated rings. The summed E-state index contributed by atoms with van der Waals surface area (Å²) in [6.07, 6.45) is 64.2. The number of phosphoric ester groups is 1. The number of unbranched alkanes of at least 4 members (excludes halogenated alkanes) is 31. The van der Waals surface area contributed by atoms with Crippen molar-refractivity contribution in [3.8, 4) is 0 Å². The van der Waals surface area contributed by atoms with Crippen LogP contribution >= 0.6 is 7.82 Å². The number of nitrogens with zero attached hydrogens (tertiary/aromatic N) is 1. The highest BCUT2D eigenvalue weighted by molar-refractivity contribution is 7.45. The molecule has 9 heteroatoms. The van der Waals surface area contributed by atoms with Gasteiger partial charge in [-0.1, -0.05) is 255 Å². The number of carbonyl (C=O) groups excluding carboxylic acids is 1. The van der Waals surface area contributed by atoms with Gasteiger partial charge in [0.1, 0.15) is 13.2 Å². The molecule has 0 aliphatic rings. The zero-order valence-corrected chi connectivity index (χ0v) is 45.7. The quantitative estimate of drug-likeness (QED) is 0.0272. The molecule has 0 bridgehead atoms. The normalized spacial score (nSPS) is 14.3. The molecule has 3 unspecified atom stereocenters. The number of nitrogens with one attached hydrogen (secondary N) is 1. The Hall–Kier alpha value is -1.54. The van der Waals surface area contributed by atoms with E-state index in [1.807, 2.05) is 21.1 Å². The van der Waals surface area contributed by atoms with Gasteiger partial charge in [0.2, 0.25) is 5.91 Å². The van der Waals surface area contributed by atoms with Crippen LogP contribution in [0.15, 0.2) is 48.6 Å². The van der Waals surface area contributed by atoms with Crippen LogP contribution in [0.2, 0.25) is 0 Å². The predicted octanol–water partition coefficient (Wildman–Crippen LogP) is 16.5. The van der Waals surface area contributed by atoms with E-state index in [0.29, 0.717) is 23.9 Å². The van der Waals surface area contributed by atoms with Crippen molar-refractivity contribution in [3.63, 3.8) is 0 Å². The van der Waals surface area contributed by atoms with Gasteiger partial charge in [0.15, 0.2) is 0 Å². The molecule has 0 aromatic heterocycles. The molecule has 0 aromatic carbocycles. The monoisotopic (exact) mass is 963 g/mol. The SMILES string of the molecule is CC/C=C\C/C=C\C/C=C\C/C=C\CCCCCCCCCCCCCCCCC(=O)NC(COP(=O)([O-])OCC[N+](C)(C)C)C(O)CCCCCCCCCCCCCCCCCCCC. The lowest BCUT2D eigenvalue weighted by atomic mass is 10.0. The topological polar surface area (TPSA) is 108 Å². The zero-order valence-electron chi connectivity index (χ0n) is 44.9. The maximum absolute atomic E-state index is 13.0. The molecule has 8 nitrogen and oxygen atoms in total. The molecule has 0 aliphatic carbocycles. The molecule has 0 saturated carbocycles. The van der Waals surface area contributed by atoms with E-state index < -0.39 is 20.0 Å². The minimum atomic E-state index is -4.57. The van der Waals surface area contributed by atoms with Crippen molar-refractivity contribution in [2.24, 2.45) is 0 Å². The largest absolute Gasteiger partial charge is 0.756 e. The lowest BCUT2D eigenvalue weighted by Crippen LogP contribution is -2.46. The molecule has 0 heterocycles. The van der Waals surface area contributed by atoms with Crippen molar-refractivity contribution >= 4 is 13.7 Å². The van der Waals surface area contributed by atoms with Crippen LogP contribution in [0.4, 0.5) is 0 Å². The summed E-state index contributed by atoms with van der Waals surface area (Å²) in [4.78, 5) is 25.5. The molecule has 1 amide bonds. The lowest BCUT2D eigenvalue weighted by molar-refractivity contribution is -0.870. The fourth-order valence-electron chi connectivity index (χ4n) is 8.39. The molecule has 0 rings (SSSR count). The fourth-order valence-corrected chi connectivity index (χ4v) is 9.11. The first kappa shape index (κ1) is 65.5. The van der Waals surface area contributed by atoms with Crippen molar-refractivity contribution < 1.29 is 32.9 Å². The molecular weight excluding hydrogens is 852 g/mol. The minimum Gasteiger partial charge on any atom is -0.756 e. The van der Waals surface area contributed by atoms with Gasteiger partial charge in [0.25, 0.3) is 7.82 Å². The van der Waals surface area contributed by atoms with Crippen LogP contribution in [0.1, 0.15) is 264 Å². The van der Waals surface area contributed by atoms with Crippen LogP contribution in [-0.4, -0.2) is 68.5 Å². The number of quaternary nitrogens is 1. The number of aliphatic hydroxyl groups excluding tert-OH is 1. The third kappa shape index (κ3) is 52.1. The van der Waals surface area contributed by atoms with Gasteiger partial charge in [-0.25, -0.2) is 0 Å². The highest BCUT2D eigenvalue weighted by Gasteiger charge is 2.24. The molecule has 0 aromatic rings. The van der Waals surface area contributed by atoms with E-state index in [1.165, 1.54) is 173 Å². The van der Waals surface area contributed by atoms with Gasteiger partial charge in [-0.3, -0.25) is 9.36 Å². The summed E-state index contributed by atoms with van der Waals surface area (Å²) in [5.41, 5.74) is 0. The number of aliphatic hydroxyl groups is 1. The Balaban J connectivity index is 4.14. The second-order valence-corrected chi connectivity index (χ2v) is 22.0. The van der Waals surface area contributed by atoms with Crippen molar-refractivity contribution in [2.75, 3.05) is 40.9 Å². The third-order valence-corrected chi connectivity index (χ3v) is 13.8. The van der Waals surface area contributed by atoms with Crippen LogP contribution in [0.3, 0.4) is 0 Å². The number of phosphoric acid groups is 1. The summed E-state index contributed by atoms with van der Waals surface area (Å²) in [6, 6.07) is -0.802. The van der Waals surface area contributed by atoms with E-state index in [-0.39, 0.29) is 19.1 Å². The molecule has 0 aliphatic heterocycles. The fraction of sp³-hybridized carbons (Fsp3) is 0.845. The van der Waals surface area contributed by atoms with Crippen molar-refractivity contribution in [3.05, 3.63) is 48.6 Å². The van der Waals surface area contributed by atoms with Crippen LogP contribution in [0, 0.1) is 0 Å². The maximum Gasteiger partial charge on any atom is 0.268 e. The van der Waals surface area contributed by atoms with Crippen molar-refractivity contribution in [2.45, 2.75) is 276 Å². The molecular formula is C58H111N2O6P. The average molecular weight is 964 g/mol. The van der Waals surface area contributed by atoms with Gasteiger partial charge in [-0.15, -0.1) is 0 Å². The molecule has 2 N–H and O–H groups in total. The Labute approximate surface area is 416 Å². The van der Waals surface area contributed by atoms with E-state index in [1.54, 1.807) is 0 Å². The number of hydrogen-bond acceptors (Lipinski definition) is 6. The first-order chi connectivity index (χ1) is 32.5. The number of amides is 1. The molecule has 0 saturated heterocycles. The molecule has 67 heavy (non-hydrogen) atoms. The number of hydrogen-bond donors (Lipinski definition) is 2. The predicted molar refractivity (Wildman–Crippen MR) is 288 cm³/mol. The van der Waals surface area contributed by atoms with Gasteiger partial charge < -0.3 is 28.8 Å². The summed E-state index contributed by atoms with van der Waals surface area (Å²) >= 11 is 0. The summed E-state index contributed by atoms with van der Waals surface area (Å²) in [6.45, 7) is 4.64. The highest BCUT2D eigenvalue weighted by atomic mass is 31.2. The number of likely N-dealkylation sites (N-methyl/N-ethyl adjacent to an activating group) is 1. The standard InChI is InChI=1S/C58H111N2O6P/c1-6-8-10-12-14-16-18-20-22-24-26-27-28-29-30-31-32-33-34-36-38-40-42-44-46-48-50-52-58(62)59-56(55-66-67(63,64)65-54-53-60(3,4)5)57(61)51-49-47-45-43-41-39-37-35-25-23-21-19-17-15-13-11-9-7-2/h8,10,14,16,20,22,26-27,56-57,61H,6-7,9,11-13,15,17-19,21,23-25,28-55H2,1-5H3,(H-,59,62,63,64)/b10-8-,16-14-,22-20-,27-26-. The lowest BCUT2D eigenvalue weighted by Gasteiger charge is -2.30. The van der Waals surface area contributed by atoms with E-state index in [0.717, 1.165) is 64.2 Å². The van der Waals surface area contributed by atoms with Crippen LogP contribution in [0.25, 0.3) is 0 Å². The summed E-state index contributed by atoms with van der Waals surface area (Å²) < 4.78 is 23.4. The van der Waals surface area contributed by atoms with Gasteiger partial charge in [-0.2, -0.15) is 0 Å². The second-order valence-electron chi connectivity index (χ2n) is 20.6. The zero-order chi connectivity index (χ0) is 49.2. The second kappa shape index (κ2) is 49.4. The summed E-state index contributed by atoms with van der Waals surface area (Å²) in [5.74, 6) is -0.164. The Bertz CT molecular complexity index is 1230. The number of rotatable bonds is 52. The van der Waals surface area contributed by atoms with Crippen LogP contribution in [-0.2, 0) is 18.4 Å². The third-order valence-electron chi connectivity index (χ3n) is 12.8. The minimum absolute atomic E-state index is 0.0120. The van der Waals surface area contributed by atoms with Gasteiger partial charge in [0.05, 0.1) is 39.9 Å². The Morgan fingerprint density at radius 2 is 0.910 bits per heavy atom. The number of carbonyl (C=O) groups is 1. The van der Waals surface area contributed by atoms with E-state index in [9.17, 15) is 19.4 Å². The molecule has 0 radical (unpaired) electrons. The van der Waals surface area contributed by atoms with Crippen LogP contribution in [0.5, 0.6) is 0 Å². The van der Waals surface area contributed by atoms with Crippen molar-refractivity contribution in [1.29, 1.82) is 0 Å². The molecule has 3 atom stereocenters. The average Bonchev–Trinajstić information content (AvgIpc) is 3.29. The van der Waals surface area contributed by atoms with Gasteiger partial charge in [-0.05, 0) is 51.4 Å². The summed E-state index contributed by atoms with van der Waals surface area (Å²) in [7, 11) is 1.31.